The Kier molecular flexibility index (Phi) is 6.24. The zero-order valence-electron chi connectivity index (χ0n) is 10.7. The van der Waals surface area contributed by atoms with Gasteiger partial charge in [0.2, 0.25) is 0 Å². The van der Waals surface area contributed by atoms with Gasteiger partial charge in [0.25, 0.3) is 0 Å². The van der Waals surface area contributed by atoms with Crippen LogP contribution >= 0.6 is 11.6 Å². The van der Waals surface area contributed by atoms with Gasteiger partial charge in [0.05, 0.1) is 19.4 Å². The van der Waals surface area contributed by atoms with Gasteiger partial charge in [-0.25, -0.2) is 0 Å². The van der Waals surface area contributed by atoms with Gasteiger partial charge in [-0.3, -0.25) is 9.59 Å². The molecule has 17 heavy (non-hydrogen) atoms. The number of carbonyl (C=O) groups excluding carboxylic acids is 2. The fourth-order valence-corrected chi connectivity index (χ4v) is 1.44. The summed E-state index contributed by atoms with van der Waals surface area (Å²) < 4.78 is 9.72. The number of hydrogen-bond acceptors (Lipinski definition) is 4. The average Bonchev–Trinajstić information content (AvgIpc) is 2.11. The molecular formula is C12H19ClO4. The maximum Gasteiger partial charge on any atom is 0.309 e. The van der Waals surface area contributed by atoms with E-state index in [4.69, 9.17) is 16.3 Å². The van der Waals surface area contributed by atoms with E-state index in [1.165, 1.54) is 7.11 Å². The molecule has 0 aliphatic carbocycles. The normalized spacial score (nSPS) is 12.8. The van der Waals surface area contributed by atoms with Gasteiger partial charge in [-0.2, -0.15) is 0 Å². The van der Waals surface area contributed by atoms with Gasteiger partial charge in [0.15, 0.2) is 0 Å². The first-order valence-corrected chi connectivity index (χ1v) is 5.66. The third kappa shape index (κ3) is 7.80. The Morgan fingerprint density at radius 3 is 2.18 bits per heavy atom. The van der Waals surface area contributed by atoms with Crippen molar-refractivity contribution >= 4 is 23.5 Å². The molecule has 0 bridgehead atoms. The molecule has 1 atom stereocenters. The van der Waals surface area contributed by atoms with Crippen LogP contribution in [0.5, 0.6) is 0 Å². The van der Waals surface area contributed by atoms with Gasteiger partial charge in [-0.05, 0) is 27.2 Å². The number of hydrogen-bond donors (Lipinski definition) is 0. The van der Waals surface area contributed by atoms with Crippen LogP contribution in [0.15, 0.2) is 11.6 Å². The second kappa shape index (κ2) is 6.64. The molecule has 0 aromatic heterocycles. The van der Waals surface area contributed by atoms with Crippen LogP contribution in [0.4, 0.5) is 0 Å². The molecule has 5 heteroatoms. The van der Waals surface area contributed by atoms with Crippen molar-refractivity contribution in [2.75, 3.05) is 7.11 Å². The van der Waals surface area contributed by atoms with E-state index < -0.39 is 23.5 Å². The highest BCUT2D eigenvalue weighted by Gasteiger charge is 2.26. The number of esters is 2. The molecule has 0 heterocycles. The number of carbonyl (C=O) groups is 2. The number of ether oxygens (including phenoxy) is 2. The summed E-state index contributed by atoms with van der Waals surface area (Å²) in [7, 11) is 1.27. The van der Waals surface area contributed by atoms with Crippen LogP contribution in [-0.2, 0) is 19.1 Å². The molecule has 98 valence electrons. The first kappa shape index (κ1) is 16.0. The molecule has 0 fully saturated rings. The molecular weight excluding hydrogens is 244 g/mol. The van der Waals surface area contributed by atoms with Gasteiger partial charge >= 0.3 is 11.9 Å². The number of allylic oxidation sites excluding steroid dienone is 1. The largest absolute Gasteiger partial charge is 0.469 e. The lowest BCUT2D eigenvalue weighted by atomic mass is 10.0. The molecule has 0 amide bonds. The zero-order chi connectivity index (χ0) is 13.6. The molecule has 0 aliphatic heterocycles. The van der Waals surface area contributed by atoms with Crippen LogP contribution in [0.1, 0.15) is 33.6 Å². The van der Waals surface area contributed by atoms with Crippen molar-refractivity contribution in [2.45, 2.75) is 39.2 Å². The van der Waals surface area contributed by atoms with Gasteiger partial charge in [0, 0.05) is 5.03 Å². The van der Waals surface area contributed by atoms with Crippen LogP contribution in [0.25, 0.3) is 0 Å². The Bertz CT molecular complexity index is 304. The van der Waals surface area contributed by atoms with Crippen LogP contribution in [0.2, 0.25) is 0 Å². The van der Waals surface area contributed by atoms with Crippen molar-refractivity contribution < 1.29 is 19.1 Å². The molecule has 0 radical (unpaired) electrons. The van der Waals surface area contributed by atoms with E-state index in [-0.39, 0.29) is 12.8 Å². The third-order valence-electron chi connectivity index (χ3n) is 1.84. The summed E-state index contributed by atoms with van der Waals surface area (Å²) in [6.07, 6.45) is 0.142. The smallest absolute Gasteiger partial charge is 0.309 e. The fourth-order valence-electron chi connectivity index (χ4n) is 1.26. The molecule has 0 aromatic carbocycles. The fraction of sp³-hybridized carbons (Fsp3) is 0.667. The van der Waals surface area contributed by atoms with E-state index in [0.29, 0.717) is 5.03 Å². The van der Waals surface area contributed by atoms with Crippen LogP contribution in [0, 0.1) is 5.92 Å². The van der Waals surface area contributed by atoms with Crippen molar-refractivity contribution in [3.05, 3.63) is 11.6 Å². The van der Waals surface area contributed by atoms with Gasteiger partial charge in [0.1, 0.15) is 5.60 Å². The van der Waals surface area contributed by atoms with Crippen molar-refractivity contribution in [1.82, 2.24) is 0 Å². The van der Waals surface area contributed by atoms with Gasteiger partial charge in [-0.15, -0.1) is 0 Å². The quantitative estimate of drug-likeness (QED) is 0.715. The Labute approximate surface area is 107 Å². The SMILES string of the molecule is C=C(Cl)CC(CC(=O)OC(C)(C)C)C(=O)OC. The molecule has 0 aromatic rings. The monoisotopic (exact) mass is 262 g/mol. The van der Waals surface area contributed by atoms with Crippen LogP contribution in [0.3, 0.4) is 0 Å². The van der Waals surface area contributed by atoms with Crippen LogP contribution < -0.4 is 0 Å². The minimum atomic E-state index is -0.639. The van der Waals surface area contributed by atoms with E-state index in [1.54, 1.807) is 20.8 Å². The summed E-state index contributed by atoms with van der Waals surface area (Å²) in [4.78, 5) is 23.0. The Hall–Kier alpha value is -1.03. The topological polar surface area (TPSA) is 52.6 Å². The third-order valence-corrected chi connectivity index (χ3v) is 1.99. The second-order valence-electron chi connectivity index (χ2n) is 4.73. The Morgan fingerprint density at radius 2 is 1.82 bits per heavy atom. The highest BCUT2D eigenvalue weighted by atomic mass is 35.5. The number of rotatable bonds is 5. The summed E-state index contributed by atoms with van der Waals surface area (Å²) in [5, 5.41) is 0.309. The molecule has 0 N–H and O–H groups in total. The standard InChI is InChI=1S/C12H19ClO4/c1-8(13)6-9(11(15)16-5)7-10(14)17-12(2,3)4/h9H,1,6-7H2,2-5H3. The summed E-state index contributed by atoms with van der Waals surface area (Å²) in [5.74, 6) is -1.58. The molecule has 0 rings (SSSR count). The molecule has 0 saturated carbocycles. The Balaban J connectivity index is 4.48. The van der Waals surface area contributed by atoms with Gasteiger partial charge < -0.3 is 9.47 Å². The lowest BCUT2D eigenvalue weighted by molar-refractivity contribution is -0.160. The summed E-state index contributed by atoms with van der Waals surface area (Å²) in [5.41, 5.74) is -0.574. The Morgan fingerprint density at radius 1 is 1.29 bits per heavy atom. The lowest BCUT2D eigenvalue weighted by Crippen LogP contribution is -2.27. The van der Waals surface area contributed by atoms with E-state index >= 15 is 0 Å². The van der Waals surface area contributed by atoms with Crippen molar-refractivity contribution in [3.63, 3.8) is 0 Å². The molecule has 0 aliphatic rings. The number of halogens is 1. The summed E-state index contributed by atoms with van der Waals surface area (Å²) in [6, 6.07) is 0. The van der Waals surface area contributed by atoms with E-state index in [9.17, 15) is 9.59 Å². The highest BCUT2D eigenvalue weighted by Crippen LogP contribution is 2.20. The maximum absolute atomic E-state index is 11.6. The average molecular weight is 263 g/mol. The van der Waals surface area contributed by atoms with E-state index in [0.717, 1.165) is 0 Å². The minimum absolute atomic E-state index is 0.0598. The number of methoxy groups -OCH3 is 1. The molecule has 4 nitrogen and oxygen atoms in total. The van der Waals surface area contributed by atoms with Crippen LogP contribution in [-0.4, -0.2) is 24.6 Å². The van der Waals surface area contributed by atoms with Crippen molar-refractivity contribution in [1.29, 1.82) is 0 Å². The summed E-state index contributed by atoms with van der Waals surface area (Å²) >= 11 is 5.64. The lowest BCUT2D eigenvalue weighted by Gasteiger charge is -2.21. The molecule has 0 saturated heterocycles. The summed E-state index contributed by atoms with van der Waals surface area (Å²) in [6.45, 7) is 8.79. The van der Waals surface area contributed by atoms with E-state index in [2.05, 4.69) is 11.3 Å². The first-order chi connectivity index (χ1) is 7.65. The predicted octanol–water partition coefficient (Wildman–Crippen LogP) is 2.65. The van der Waals surface area contributed by atoms with Crippen molar-refractivity contribution in [2.24, 2.45) is 5.92 Å². The molecule has 1 unspecified atom stereocenters. The molecule has 0 spiro atoms. The van der Waals surface area contributed by atoms with E-state index in [1.807, 2.05) is 0 Å². The highest BCUT2D eigenvalue weighted by molar-refractivity contribution is 6.29. The van der Waals surface area contributed by atoms with Gasteiger partial charge in [-0.1, -0.05) is 18.2 Å². The predicted molar refractivity (Wildman–Crippen MR) is 65.6 cm³/mol. The minimum Gasteiger partial charge on any atom is -0.469 e. The maximum atomic E-state index is 11.6. The zero-order valence-corrected chi connectivity index (χ0v) is 11.5. The first-order valence-electron chi connectivity index (χ1n) is 5.28. The second-order valence-corrected chi connectivity index (χ2v) is 5.27. The van der Waals surface area contributed by atoms with Crippen molar-refractivity contribution in [3.8, 4) is 0 Å².